The summed E-state index contributed by atoms with van der Waals surface area (Å²) in [5, 5.41) is 3.22. The molecule has 2 aromatic carbocycles. The van der Waals surface area contributed by atoms with E-state index < -0.39 is 34.3 Å². The standard InChI is InChI=1S/C25H33ClFN3O4S/c1-5-7-14-28-25(32)23(6-2)29(16-19-9-11-20(27)12-10-19)24(31)17-30(35(4,33)34)21-13-8-18(3)22(26)15-21/h8-13,15,23H,5-7,14,16-17H2,1-4H3,(H,28,32)/t23-/m1/s1. The monoisotopic (exact) mass is 525 g/mol. The van der Waals surface area contributed by atoms with Gasteiger partial charge < -0.3 is 10.2 Å². The Morgan fingerprint density at radius 3 is 2.31 bits per heavy atom. The first kappa shape index (κ1) is 28.6. The van der Waals surface area contributed by atoms with E-state index in [9.17, 15) is 22.4 Å². The molecule has 0 radical (unpaired) electrons. The Labute approximate surface area is 212 Å². The van der Waals surface area contributed by atoms with E-state index in [0.29, 0.717) is 23.6 Å². The minimum absolute atomic E-state index is 0.0189. The SMILES string of the molecule is CCCCNC(=O)[C@@H](CC)N(Cc1ccc(F)cc1)C(=O)CN(c1ccc(C)c(Cl)c1)S(C)(=O)=O. The van der Waals surface area contributed by atoms with Gasteiger partial charge in [0.25, 0.3) is 0 Å². The first-order valence-electron chi connectivity index (χ1n) is 11.5. The van der Waals surface area contributed by atoms with Crippen LogP contribution < -0.4 is 9.62 Å². The van der Waals surface area contributed by atoms with Crippen molar-refractivity contribution >= 4 is 39.1 Å². The summed E-state index contributed by atoms with van der Waals surface area (Å²) < 4.78 is 39.6. The number of nitrogens with zero attached hydrogens (tertiary/aromatic N) is 2. The summed E-state index contributed by atoms with van der Waals surface area (Å²) >= 11 is 6.20. The lowest BCUT2D eigenvalue weighted by Gasteiger charge is -2.33. The Hall–Kier alpha value is -2.65. The smallest absolute Gasteiger partial charge is 0.244 e. The van der Waals surface area contributed by atoms with Crippen LogP contribution in [0.25, 0.3) is 0 Å². The molecule has 10 heteroatoms. The number of anilines is 1. The molecule has 0 aliphatic rings. The van der Waals surface area contributed by atoms with Crippen LogP contribution >= 0.6 is 11.6 Å². The van der Waals surface area contributed by atoms with Crippen LogP contribution in [0.2, 0.25) is 5.02 Å². The number of carbonyl (C=O) groups excluding carboxylic acids is 2. The van der Waals surface area contributed by atoms with Gasteiger partial charge in [-0.2, -0.15) is 0 Å². The fourth-order valence-corrected chi connectivity index (χ4v) is 4.58. The summed E-state index contributed by atoms with van der Waals surface area (Å²) in [6.07, 6.45) is 3.02. The van der Waals surface area contributed by atoms with Crippen molar-refractivity contribution in [1.29, 1.82) is 0 Å². The van der Waals surface area contributed by atoms with Crippen LogP contribution in [0.5, 0.6) is 0 Å². The van der Waals surface area contributed by atoms with Crippen LogP contribution in [0, 0.1) is 12.7 Å². The molecule has 2 amide bonds. The van der Waals surface area contributed by atoms with E-state index in [2.05, 4.69) is 5.32 Å². The van der Waals surface area contributed by atoms with Crippen LogP contribution in [0.15, 0.2) is 42.5 Å². The number of carbonyl (C=O) groups is 2. The predicted octanol–water partition coefficient (Wildman–Crippen LogP) is 4.28. The Kier molecular flexibility index (Phi) is 10.5. The number of unbranched alkanes of at least 4 members (excludes halogenated alkanes) is 1. The van der Waals surface area contributed by atoms with Gasteiger partial charge in [-0.25, -0.2) is 12.8 Å². The molecule has 0 saturated heterocycles. The average molecular weight is 526 g/mol. The van der Waals surface area contributed by atoms with Crippen molar-refractivity contribution in [2.24, 2.45) is 0 Å². The predicted molar refractivity (Wildman–Crippen MR) is 137 cm³/mol. The lowest BCUT2D eigenvalue weighted by molar-refractivity contribution is -0.140. The zero-order chi connectivity index (χ0) is 26.2. The fraction of sp³-hybridized carbons (Fsp3) is 0.440. The lowest BCUT2D eigenvalue weighted by atomic mass is 10.1. The molecular weight excluding hydrogens is 493 g/mol. The van der Waals surface area contributed by atoms with Crippen LogP contribution in [0.4, 0.5) is 10.1 Å². The molecule has 2 aromatic rings. The summed E-state index contributed by atoms with van der Waals surface area (Å²) in [5.41, 5.74) is 1.63. The van der Waals surface area contributed by atoms with Crippen molar-refractivity contribution < 1.29 is 22.4 Å². The minimum atomic E-state index is -3.85. The number of aryl methyl sites for hydroxylation is 1. The highest BCUT2D eigenvalue weighted by atomic mass is 35.5. The molecular formula is C25H33ClFN3O4S. The zero-order valence-electron chi connectivity index (χ0n) is 20.6. The summed E-state index contributed by atoms with van der Waals surface area (Å²) in [6, 6.07) is 9.53. The van der Waals surface area contributed by atoms with E-state index >= 15 is 0 Å². The van der Waals surface area contributed by atoms with Gasteiger partial charge in [0, 0.05) is 18.1 Å². The molecule has 0 aliphatic heterocycles. The Bertz CT molecular complexity index is 1130. The van der Waals surface area contributed by atoms with Crippen LogP contribution in [0.3, 0.4) is 0 Å². The van der Waals surface area contributed by atoms with Gasteiger partial charge >= 0.3 is 0 Å². The van der Waals surface area contributed by atoms with Crippen molar-refractivity contribution in [2.45, 2.75) is 52.6 Å². The highest BCUT2D eigenvalue weighted by molar-refractivity contribution is 7.92. The quantitative estimate of drug-likeness (QED) is 0.419. The van der Waals surface area contributed by atoms with E-state index in [-0.39, 0.29) is 18.1 Å². The van der Waals surface area contributed by atoms with Gasteiger partial charge in [0.05, 0.1) is 11.9 Å². The van der Waals surface area contributed by atoms with Crippen molar-refractivity contribution in [3.05, 3.63) is 64.4 Å². The molecule has 0 aliphatic carbocycles. The Morgan fingerprint density at radius 2 is 1.77 bits per heavy atom. The van der Waals surface area contributed by atoms with Gasteiger partial charge in [-0.1, -0.05) is 50.1 Å². The maximum Gasteiger partial charge on any atom is 0.244 e. The molecule has 7 nitrogen and oxygen atoms in total. The second-order valence-corrected chi connectivity index (χ2v) is 10.7. The third-order valence-electron chi connectivity index (χ3n) is 5.60. The first-order chi connectivity index (χ1) is 16.5. The van der Waals surface area contributed by atoms with Gasteiger partial charge in [-0.3, -0.25) is 13.9 Å². The Balaban J connectivity index is 2.41. The lowest BCUT2D eigenvalue weighted by Crippen LogP contribution is -2.52. The van der Waals surface area contributed by atoms with Crippen molar-refractivity contribution in [1.82, 2.24) is 10.2 Å². The van der Waals surface area contributed by atoms with E-state index in [1.807, 2.05) is 6.92 Å². The fourth-order valence-electron chi connectivity index (χ4n) is 3.56. The van der Waals surface area contributed by atoms with Crippen LogP contribution in [0.1, 0.15) is 44.2 Å². The molecule has 1 atom stereocenters. The second-order valence-electron chi connectivity index (χ2n) is 8.42. The third kappa shape index (κ3) is 8.21. The van der Waals surface area contributed by atoms with Gasteiger partial charge in [-0.05, 0) is 55.2 Å². The number of rotatable bonds is 12. The van der Waals surface area contributed by atoms with Crippen molar-refractivity contribution in [3.8, 4) is 0 Å². The molecule has 1 N–H and O–H groups in total. The maximum absolute atomic E-state index is 13.6. The average Bonchev–Trinajstić information content (AvgIpc) is 2.80. The number of halogens is 2. The van der Waals surface area contributed by atoms with Crippen molar-refractivity contribution in [3.63, 3.8) is 0 Å². The van der Waals surface area contributed by atoms with E-state index in [1.54, 1.807) is 26.0 Å². The van der Waals surface area contributed by atoms with Crippen molar-refractivity contribution in [2.75, 3.05) is 23.7 Å². The number of benzene rings is 2. The zero-order valence-corrected chi connectivity index (χ0v) is 22.1. The molecule has 0 fully saturated rings. The molecule has 2 rings (SSSR count). The maximum atomic E-state index is 13.6. The summed E-state index contributed by atoms with van der Waals surface area (Å²) in [5.74, 6) is -1.30. The summed E-state index contributed by atoms with van der Waals surface area (Å²) in [4.78, 5) is 27.9. The molecule has 0 heterocycles. The second kappa shape index (κ2) is 12.9. The normalized spacial score (nSPS) is 12.2. The molecule has 192 valence electrons. The van der Waals surface area contributed by atoms with Crippen LogP contribution in [-0.2, 0) is 26.2 Å². The third-order valence-corrected chi connectivity index (χ3v) is 7.15. The van der Waals surface area contributed by atoms with Gasteiger partial charge in [0.15, 0.2) is 0 Å². The summed E-state index contributed by atoms with van der Waals surface area (Å²) in [6.45, 7) is 5.55. The van der Waals surface area contributed by atoms with Gasteiger partial charge in [0.2, 0.25) is 21.8 Å². The molecule has 0 bridgehead atoms. The van der Waals surface area contributed by atoms with E-state index in [1.165, 1.54) is 35.2 Å². The van der Waals surface area contributed by atoms with E-state index in [0.717, 1.165) is 29.0 Å². The van der Waals surface area contributed by atoms with Crippen LogP contribution in [-0.4, -0.2) is 50.5 Å². The molecule has 0 unspecified atom stereocenters. The highest BCUT2D eigenvalue weighted by Crippen LogP contribution is 2.25. The van der Waals surface area contributed by atoms with Gasteiger partial charge in [-0.15, -0.1) is 0 Å². The number of sulfonamides is 1. The largest absolute Gasteiger partial charge is 0.354 e. The topological polar surface area (TPSA) is 86.8 Å². The molecule has 0 aromatic heterocycles. The molecule has 0 saturated carbocycles. The number of nitrogens with one attached hydrogen (secondary N) is 1. The van der Waals surface area contributed by atoms with Gasteiger partial charge in [0.1, 0.15) is 18.4 Å². The van der Waals surface area contributed by atoms with E-state index in [4.69, 9.17) is 11.6 Å². The number of amides is 2. The number of hydrogen-bond acceptors (Lipinski definition) is 4. The summed E-state index contributed by atoms with van der Waals surface area (Å²) in [7, 11) is -3.85. The molecule has 35 heavy (non-hydrogen) atoms. The molecule has 0 spiro atoms. The highest BCUT2D eigenvalue weighted by Gasteiger charge is 2.31. The minimum Gasteiger partial charge on any atom is -0.354 e. The first-order valence-corrected chi connectivity index (χ1v) is 13.8. The number of hydrogen-bond donors (Lipinski definition) is 1. The Morgan fingerprint density at radius 1 is 1.11 bits per heavy atom.